The molecule has 6 nitrogen and oxygen atoms in total. The number of nitrogens with one attached hydrogen (secondary N) is 2. The lowest BCUT2D eigenvalue weighted by Gasteiger charge is -2.28. The van der Waals surface area contributed by atoms with Crippen molar-refractivity contribution in [2.45, 2.75) is 32.1 Å². The van der Waals surface area contributed by atoms with E-state index in [4.69, 9.17) is 5.11 Å². The second-order valence-corrected chi connectivity index (χ2v) is 5.22. The Bertz CT molecular complexity index is 289. The van der Waals surface area contributed by atoms with Gasteiger partial charge in [-0.1, -0.05) is 0 Å². The van der Waals surface area contributed by atoms with Crippen molar-refractivity contribution in [3.8, 4) is 0 Å². The van der Waals surface area contributed by atoms with E-state index in [-0.39, 0.29) is 12.5 Å². The highest BCUT2D eigenvalue weighted by Gasteiger charge is 2.16. The van der Waals surface area contributed by atoms with Gasteiger partial charge in [-0.2, -0.15) is 0 Å². The van der Waals surface area contributed by atoms with Crippen molar-refractivity contribution >= 4 is 12.0 Å². The molecule has 1 fully saturated rings. The van der Waals surface area contributed by atoms with Crippen molar-refractivity contribution in [1.29, 1.82) is 0 Å². The maximum absolute atomic E-state index is 11.4. The van der Waals surface area contributed by atoms with Crippen molar-refractivity contribution in [3.05, 3.63) is 0 Å². The monoisotopic (exact) mass is 271 g/mol. The molecule has 0 aromatic rings. The zero-order valence-corrected chi connectivity index (χ0v) is 11.7. The van der Waals surface area contributed by atoms with Gasteiger partial charge in [0.1, 0.15) is 0 Å². The SMILES string of the molecule is CN1CCC(CCNC(=O)NCCCC(=O)O)CC1. The molecule has 0 unspecified atom stereocenters. The van der Waals surface area contributed by atoms with Crippen LogP contribution in [0.4, 0.5) is 4.79 Å². The molecule has 19 heavy (non-hydrogen) atoms. The van der Waals surface area contributed by atoms with E-state index in [1.54, 1.807) is 0 Å². The fraction of sp³-hybridized carbons (Fsp3) is 0.846. The highest BCUT2D eigenvalue weighted by Crippen LogP contribution is 2.18. The van der Waals surface area contributed by atoms with E-state index in [2.05, 4.69) is 22.6 Å². The van der Waals surface area contributed by atoms with E-state index >= 15 is 0 Å². The van der Waals surface area contributed by atoms with Gasteiger partial charge in [-0.15, -0.1) is 0 Å². The van der Waals surface area contributed by atoms with Crippen molar-refractivity contribution in [3.63, 3.8) is 0 Å². The Morgan fingerprint density at radius 1 is 1.21 bits per heavy atom. The second kappa shape index (κ2) is 8.74. The minimum atomic E-state index is -0.829. The molecule has 0 aromatic heterocycles. The Morgan fingerprint density at radius 3 is 2.47 bits per heavy atom. The molecule has 3 N–H and O–H groups in total. The van der Waals surface area contributed by atoms with Crippen LogP contribution in [-0.2, 0) is 4.79 Å². The second-order valence-electron chi connectivity index (χ2n) is 5.22. The fourth-order valence-electron chi connectivity index (χ4n) is 2.24. The molecule has 1 rings (SSSR count). The van der Waals surface area contributed by atoms with Gasteiger partial charge in [0.05, 0.1) is 0 Å². The molecule has 2 amide bonds. The maximum Gasteiger partial charge on any atom is 0.314 e. The van der Waals surface area contributed by atoms with Gasteiger partial charge in [-0.3, -0.25) is 4.79 Å². The van der Waals surface area contributed by atoms with Gasteiger partial charge in [-0.25, -0.2) is 4.79 Å². The number of carbonyl (C=O) groups is 2. The van der Waals surface area contributed by atoms with Gasteiger partial charge in [-0.05, 0) is 51.7 Å². The average molecular weight is 271 g/mol. The van der Waals surface area contributed by atoms with Crippen LogP contribution in [0.1, 0.15) is 32.1 Å². The van der Waals surface area contributed by atoms with Crippen LogP contribution in [0.25, 0.3) is 0 Å². The Kier molecular flexibility index (Phi) is 7.25. The first-order chi connectivity index (χ1) is 9.08. The first-order valence-electron chi connectivity index (χ1n) is 7.00. The van der Waals surface area contributed by atoms with E-state index in [0.29, 0.717) is 25.4 Å². The van der Waals surface area contributed by atoms with Crippen LogP contribution in [0.3, 0.4) is 0 Å². The zero-order chi connectivity index (χ0) is 14.1. The summed E-state index contributed by atoms with van der Waals surface area (Å²) in [6.45, 7) is 3.39. The van der Waals surface area contributed by atoms with Gasteiger partial charge in [0.2, 0.25) is 0 Å². The van der Waals surface area contributed by atoms with Gasteiger partial charge < -0.3 is 20.6 Å². The van der Waals surface area contributed by atoms with Crippen LogP contribution in [0.15, 0.2) is 0 Å². The molecule has 0 bridgehead atoms. The van der Waals surface area contributed by atoms with Crippen molar-refractivity contribution in [2.24, 2.45) is 5.92 Å². The minimum Gasteiger partial charge on any atom is -0.481 e. The van der Waals surface area contributed by atoms with E-state index < -0.39 is 5.97 Å². The van der Waals surface area contributed by atoms with E-state index in [1.165, 1.54) is 12.8 Å². The van der Waals surface area contributed by atoms with Crippen LogP contribution < -0.4 is 10.6 Å². The number of amides is 2. The van der Waals surface area contributed by atoms with E-state index in [1.807, 2.05) is 0 Å². The maximum atomic E-state index is 11.4. The molecular formula is C13H25N3O3. The number of carbonyl (C=O) groups excluding carboxylic acids is 1. The van der Waals surface area contributed by atoms with Crippen LogP contribution in [0.2, 0.25) is 0 Å². The number of carboxylic acids is 1. The predicted octanol–water partition coefficient (Wildman–Crippen LogP) is 0.882. The van der Waals surface area contributed by atoms with Crippen molar-refractivity contribution in [1.82, 2.24) is 15.5 Å². The molecule has 1 saturated heterocycles. The summed E-state index contributed by atoms with van der Waals surface area (Å²) in [6, 6.07) is -0.196. The summed E-state index contributed by atoms with van der Waals surface area (Å²) in [5.74, 6) is -0.118. The molecule has 0 aliphatic carbocycles. The summed E-state index contributed by atoms with van der Waals surface area (Å²) in [5, 5.41) is 13.9. The van der Waals surface area contributed by atoms with Crippen LogP contribution in [-0.4, -0.2) is 55.2 Å². The average Bonchev–Trinajstić information content (AvgIpc) is 2.37. The highest BCUT2D eigenvalue weighted by molar-refractivity contribution is 5.73. The van der Waals surface area contributed by atoms with Crippen LogP contribution in [0.5, 0.6) is 0 Å². The Balaban J connectivity index is 1.96. The highest BCUT2D eigenvalue weighted by atomic mass is 16.4. The predicted molar refractivity (Wildman–Crippen MR) is 73.1 cm³/mol. The zero-order valence-electron chi connectivity index (χ0n) is 11.7. The van der Waals surface area contributed by atoms with Gasteiger partial charge in [0.15, 0.2) is 0 Å². The topological polar surface area (TPSA) is 81.7 Å². The lowest BCUT2D eigenvalue weighted by atomic mass is 9.94. The fourth-order valence-corrected chi connectivity index (χ4v) is 2.24. The molecule has 110 valence electrons. The first-order valence-corrected chi connectivity index (χ1v) is 7.00. The number of piperidine rings is 1. The quantitative estimate of drug-likeness (QED) is 0.600. The summed E-state index contributed by atoms with van der Waals surface area (Å²) in [7, 11) is 2.14. The Hall–Kier alpha value is -1.30. The number of hydrogen-bond acceptors (Lipinski definition) is 3. The third kappa shape index (κ3) is 7.66. The summed E-state index contributed by atoms with van der Waals surface area (Å²) in [4.78, 5) is 24.0. The molecule has 0 atom stereocenters. The summed E-state index contributed by atoms with van der Waals surface area (Å²) in [5.41, 5.74) is 0. The third-order valence-corrected chi connectivity index (χ3v) is 3.53. The Labute approximate surface area is 114 Å². The van der Waals surface area contributed by atoms with Gasteiger partial charge in [0, 0.05) is 19.5 Å². The summed E-state index contributed by atoms with van der Waals surface area (Å²) in [6.07, 6.45) is 4.00. The van der Waals surface area contributed by atoms with E-state index in [0.717, 1.165) is 19.5 Å². The van der Waals surface area contributed by atoms with Gasteiger partial charge in [0.25, 0.3) is 0 Å². The molecule has 1 heterocycles. The Morgan fingerprint density at radius 2 is 1.84 bits per heavy atom. The normalized spacial score (nSPS) is 17.1. The minimum absolute atomic E-state index is 0.0931. The standard InChI is InChI=1S/C13H25N3O3/c1-16-9-5-11(6-10-16)4-8-15-13(19)14-7-2-3-12(17)18/h11H,2-10H2,1H3,(H,17,18)(H2,14,15,19). The molecule has 1 aliphatic heterocycles. The number of hydrogen-bond donors (Lipinski definition) is 3. The number of carboxylic acid groups (broad SMARTS) is 1. The smallest absolute Gasteiger partial charge is 0.314 e. The molecule has 1 aliphatic rings. The number of aliphatic carboxylic acids is 1. The molecular weight excluding hydrogens is 246 g/mol. The van der Waals surface area contributed by atoms with Crippen LogP contribution in [0, 0.1) is 5.92 Å². The largest absolute Gasteiger partial charge is 0.481 e. The lowest BCUT2D eigenvalue weighted by molar-refractivity contribution is -0.137. The van der Waals surface area contributed by atoms with Crippen molar-refractivity contribution in [2.75, 3.05) is 33.2 Å². The van der Waals surface area contributed by atoms with Crippen LogP contribution >= 0.6 is 0 Å². The molecule has 0 saturated carbocycles. The molecule has 0 radical (unpaired) electrons. The molecule has 0 spiro atoms. The number of rotatable bonds is 7. The third-order valence-electron chi connectivity index (χ3n) is 3.53. The molecule has 6 heteroatoms. The molecule has 0 aromatic carbocycles. The number of likely N-dealkylation sites (tertiary alicyclic amines) is 1. The summed E-state index contributed by atoms with van der Waals surface area (Å²) >= 11 is 0. The van der Waals surface area contributed by atoms with Gasteiger partial charge >= 0.3 is 12.0 Å². The van der Waals surface area contributed by atoms with Crippen molar-refractivity contribution < 1.29 is 14.7 Å². The number of nitrogens with zero attached hydrogens (tertiary/aromatic N) is 1. The lowest BCUT2D eigenvalue weighted by Crippen LogP contribution is -2.38. The first kappa shape index (κ1) is 15.8. The summed E-state index contributed by atoms with van der Waals surface area (Å²) < 4.78 is 0. The number of urea groups is 1. The van der Waals surface area contributed by atoms with E-state index in [9.17, 15) is 9.59 Å².